The van der Waals surface area contributed by atoms with E-state index in [0.29, 0.717) is 37.3 Å². The molecule has 4 aliphatic carbocycles. The van der Waals surface area contributed by atoms with Crippen molar-refractivity contribution >= 4 is 11.6 Å². The van der Waals surface area contributed by atoms with E-state index in [-0.39, 0.29) is 22.5 Å². The molecule has 1 aliphatic heterocycles. The first-order valence-electron chi connectivity index (χ1n) is 9.65. The summed E-state index contributed by atoms with van der Waals surface area (Å²) in [4.78, 5) is 25.2. The number of rotatable bonds is 0. The number of Topliss-reactive ketones (excluding diaryl/α,β-unsaturated/α-hetero) is 1. The van der Waals surface area contributed by atoms with Crippen LogP contribution in [0, 0.1) is 28.6 Å². The van der Waals surface area contributed by atoms with Crippen LogP contribution in [0.1, 0.15) is 46.0 Å². The van der Waals surface area contributed by atoms with E-state index in [9.17, 15) is 9.59 Å². The summed E-state index contributed by atoms with van der Waals surface area (Å²) in [6, 6.07) is 0. The third-order valence-corrected chi connectivity index (χ3v) is 8.06. The van der Waals surface area contributed by atoms with Crippen LogP contribution in [-0.2, 0) is 19.1 Å². The van der Waals surface area contributed by atoms with Crippen LogP contribution < -0.4 is 0 Å². The van der Waals surface area contributed by atoms with Gasteiger partial charge in [0.25, 0.3) is 0 Å². The topological polar surface area (TPSA) is 52.6 Å². The predicted octanol–water partition coefficient (Wildman–Crippen LogP) is 3.22. The van der Waals surface area contributed by atoms with Crippen molar-refractivity contribution in [3.63, 3.8) is 0 Å². The first kappa shape index (κ1) is 16.0. The summed E-state index contributed by atoms with van der Waals surface area (Å²) in [6.45, 7) is 5.66. The maximum atomic E-state index is 13.4. The number of hydrogen-bond acceptors (Lipinski definition) is 4. The molecule has 1 spiro atoms. The molecule has 3 saturated carbocycles. The minimum Gasteiger partial charge on any atom is -0.347 e. The molecule has 134 valence electrons. The Kier molecular flexibility index (Phi) is 3.14. The van der Waals surface area contributed by atoms with E-state index in [4.69, 9.17) is 9.47 Å². The quantitative estimate of drug-likeness (QED) is 0.678. The number of carbonyl (C=O) groups is 2. The van der Waals surface area contributed by atoms with Crippen molar-refractivity contribution in [2.75, 3.05) is 13.2 Å². The molecule has 1 saturated heterocycles. The van der Waals surface area contributed by atoms with Crippen LogP contribution >= 0.6 is 0 Å². The molecular formula is C21H26O4. The lowest BCUT2D eigenvalue weighted by molar-refractivity contribution is -0.238. The Morgan fingerprint density at radius 3 is 2.64 bits per heavy atom. The van der Waals surface area contributed by atoms with Gasteiger partial charge in [-0.3, -0.25) is 9.59 Å². The molecule has 5 atom stereocenters. The van der Waals surface area contributed by atoms with Crippen molar-refractivity contribution in [1.82, 2.24) is 0 Å². The second-order valence-electron chi connectivity index (χ2n) is 9.02. The molecule has 4 nitrogen and oxygen atoms in total. The van der Waals surface area contributed by atoms with Gasteiger partial charge in [-0.2, -0.15) is 0 Å². The molecule has 4 fully saturated rings. The summed E-state index contributed by atoms with van der Waals surface area (Å²) >= 11 is 0. The van der Waals surface area contributed by atoms with Crippen LogP contribution in [0.15, 0.2) is 23.8 Å². The second kappa shape index (κ2) is 4.92. The number of allylic oxidation sites excluding steroid dienone is 4. The van der Waals surface area contributed by atoms with Crippen molar-refractivity contribution < 1.29 is 19.1 Å². The van der Waals surface area contributed by atoms with Gasteiger partial charge in [-0.05, 0) is 43.3 Å². The highest BCUT2D eigenvalue weighted by atomic mass is 16.7. The maximum Gasteiger partial charge on any atom is 0.178 e. The molecule has 5 aliphatic rings. The van der Waals surface area contributed by atoms with Gasteiger partial charge in [0.05, 0.1) is 13.2 Å². The molecule has 0 bridgehead atoms. The molecule has 25 heavy (non-hydrogen) atoms. The standard InChI is InChI=1S/C21H26O4/c1-19-7-5-14(22)11-13(19)3-4-15-16-6-8-21(24-9-10-25-21)20(16,2)12-17(23)18(15)19/h5,7,11,15-16,18H,3-4,6,8-10,12H2,1-2H3/t15-,16-,18+,19?,20?/m0/s1. The van der Waals surface area contributed by atoms with E-state index in [1.807, 2.05) is 6.08 Å². The normalized spacial score (nSPS) is 47.4. The van der Waals surface area contributed by atoms with E-state index in [2.05, 4.69) is 13.8 Å². The summed E-state index contributed by atoms with van der Waals surface area (Å²) < 4.78 is 12.2. The number of ether oxygens (including phenoxy) is 2. The number of fused-ring (bicyclic) bond motifs is 6. The molecule has 0 radical (unpaired) electrons. The van der Waals surface area contributed by atoms with Gasteiger partial charge in [0.1, 0.15) is 5.78 Å². The van der Waals surface area contributed by atoms with Gasteiger partial charge >= 0.3 is 0 Å². The molecule has 1 heterocycles. The van der Waals surface area contributed by atoms with E-state index in [1.54, 1.807) is 12.2 Å². The molecule has 2 unspecified atom stereocenters. The van der Waals surface area contributed by atoms with Crippen LogP contribution in [0.25, 0.3) is 0 Å². The Morgan fingerprint density at radius 1 is 1.12 bits per heavy atom. The third kappa shape index (κ3) is 1.85. The van der Waals surface area contributed by atoms with Gasteiger partial charge in [-0.25, -0.2) is 0 Å². The SMILES string of the molecule is CC12C=CC(=O)C=C1CC[C@@H]1[C@@H]2C(=O)CC2(C)[C@H]1CCC21OCCO1. The lowest BCUT2D eigenvalue weighted by atomic mass is 9.47. The fraction of sp³-hybridized carbons (Fsp3) is 0.714. The van der Waals surface area contributed by atoms with E-state index < -0.39 is 5.79 Å². The van der Waals surface area contributed by atoms with Gasteiger partial charge in [-0.15, -0.1) is 0 Å². The minimum atomic E-state index is -0.548. The van der Waals surface area contributed by atoms with Gasteiger partial charge < -0.3 is 9.47 Å². The van der Waals surface area contributed by atoms with E-state index >= 15 is 0 Å². The van der Waals surface area contributed by atoms with Gasteiger partial charge in [0.2, 0.25) is 0 Å². The molecular weight excluding hydrogens is 316 g/mol. The largest absolute Gasteiger partial charge is 0.347 e. The first-order chi connectivity index (χ1) is 11.9. The van der Waals surface area contributed by atoms with Crippen LogP contribution in [0.2, 0.25) is 0 Å². The molecule has 0 aromatic carbocycles. The number of carbonyl (C=O) groups excluding carboxylic acids is 2. The minimum absolute atomic E-state index is 0.00789. The maximum absolute atomic E-state index is 13.4. The first-order valence-corrected chi connectivity index (χ1v) is 9.65. The van der Waals surface area contributed by atoms with Crippen LogP contribution in [0.5, 0.6) is 0 Å². The van der Waals surface area contributed by atoms with Crippen LogP contribution in [0.3, 0.4) is 0 Å². The zero-order chi connectivity index (χ0) is 17.4. The number of ketones is 2. The summed E-state index contributed by atoms with van der Waals surface area (Å²) in [5.41, 5.74) is 0.648. The Bertz CT molecular complexity index is 713. The fourth-order valence-corrected chi connectivity index (χ4v) is 6.91. The Labute approximate surface area is 148 Å². The van der Waals surface area contributed by atoms with Crippen molar-refractivity contribution in [3.05, 3.63) is 23.8 Å². The zero-order valence-corrected chi connectivity index (χ0v) is 15.0. The average molecular weight is 342 g/mol. The van der Waals surface area contributed by atoms with Crippen molar-refractivity contribution in [1.29, 1.82) is 0 Å². The average Bonchev–Trinajstić information content (AvgIpc) is 3.15. The lowest BCUT2D eigenvalue weighted by Crippen LogP contribution is -2.58. The Hall–Kier alpha value is -1.26. The van der Waals surface area contributed by atoms with Gasteiger partial charge in [0.15, 0.2) is 11.6 Å². The fourth-order valence-electron chi connectivity index (χ4n) is 6.91. The zero-order valence-electron chi connectivity index (χ0n) is 15.0. The second-order valence-corrected chi connectivity index (χ2v) is 9.02. The third-order valence-electron chi connectivity index (χ3n) is 8.06. The Balaban J connectivity index is 1.56. The van der Waals surface area contributed by atoms with Crippen LogP contribution in [-0.4, -0.2) is 30.6 Å². The monoisotopic (exact) mass is 342 g/mol. The van der Waals surface area contributed by atoms with E-state index in [0.717, 1.165) is 31.3 Å². The summed E-state index contributed by atoms with van der Waals surface area (Å²) in [5, 5.41) is 0. The van der Waals surface area contributed by atoms with Crippen LogP contribution in [0.4, 0.5) is 0 Å². The molecule has 0 N–H and O–H groups in total. The van der Waals surface area contributed by atoms with E-state index in [1.165, 1.54) is 0 Å². The molecule has 4 heteroatoms. The van der Waals surface area contributed by atoms with Crippen molar-refractivity contribution in [3.8, 4) is 0 Å². The highest BCUT2D eigenvalue weighted by molar-refractivity contribution is 6.01. The summed E-state index contributed by atoms with van der Waals surface area (Å²) in [5.74, 6) is 0.652. The van der Waals surface area contributed by atoms with Crippen molar-refractivity contribution in [2.24, 2.45) is 28.6 Å². The summed E-state index contributed by atoms with van der Waals surface area (Å²) in [7, 11) is 0. The smallest absolute Gasteiger partial charge is 0.178 e. The molecule has 0 aromatic rings. The van der Waals surface area contributed by atoms with Gasteiger partial charge in [-0.1, -0.05) is 25.5 Å². The van der Waals surface area contributed by atoms with Crippen molar-refractivity contribution in [2.45, 2.75) is 51.7 Å². The lowest BCUT2D eigenvalue weighted by Gasteiger charge is -2.56. The Morgan fingerprint density at radius 2 is 1.88 bits per heavy atom. The highest BCUT2D eigenvalue weighted by Gasteiger charge is 2.68. The summed E-state index contributed by atoms with van der Waals surface area (Å²) in [6.07, 6.45) is 9.86. The highest BCUT2D eigenvalue weighted by Crippen LogP contribution is 2.67. The predicted molar refractivity (Wildman–Crippen MR) is 91.6 cm³/mol. The molecule has 0 amide bonds. The molecule has 0 aromatic heterocycles. The van der Waals surface area contributed by atoms with Gasteiger partial charge in [0, 0.05) is 29.6 Å². The molecule has 5 rings (SSSR count). The number of hydrogen-bond donors (Lipinski definition) is 0.